The Morgan fingerprint density at radius 2 is 2.04 bits per heavy atom. The largest absolute Gasteiger partial charge is 0.468 e. The number of fused-ring (bicyclic) bond motifs is 3. The van der Waals surface area contributed by atoms with Gasteiger partial charge in [-0.1, -0.05) is 62.9 Å². The van der Waals surface area contributed by atoms with E-state index in [0.717, 1.165) is 22.2 Å². The molecule has 0 saturated carbocycles. The average Bonchev–Trinajstić information content (AvgIpc) is 3.08. The molecule has 0 aliphatic carbocycles. The number of benzene rings is 1. The van der Waals surface area contributed by atoms with Crippen molar-refractivity contribution in [2.45, 2.75) is 39.3 Å². The summed E-state index contributed by atoms with van der Waals surface area (Å²) in [4.78, 5) is 15.7. The van der Waals surface area contributed by atoms with Crippen LogP contribution in [-0.2, 0) is 16.0 Å². The second-order valence-corrected chi connectivity index (χ2v) is 5.83. The van der Waals surface area contributed by atoms with E-state index in [2.05, 4.69) is 29.0 Å². The highest BCUT2D eigenvalue weighted by Gasteiger charge is 2.34. The number of hydrogen-bond acceptors (Lipinski definition) is 3. The highest BCUT2D eigenvalue weighted by Crippen LogP contribution is 2.35. The van der Waals surface area contributed by atoms with Crippen LogP contribution in [0.25, 0.3) is 10.9 Å². The maximum Gasteiger partial charge on any atom is 0.323 e. The van der Waals surface area contributed by atoms with E-state index < -0.39 is 0 Å². The first-order chi connectivity index (χ1) is 12.7. The lowest BCUT2D eigenvalue weighted by atomic mass is 9.90. The second kappa shape index (κ2) is 9.20. The van der Waals surface area contributed by atoms with Crippen LogP contribution in [0.1, 0.15) is 38.1 Å². The highest BCUT2D eigenvalue weighted by molar-refractivity contribution is 5.87. The Hall–Kier alpha value is -2.59. The third-order valence-corrected chi connectivity index (χ3v) is 4.49. The molecule has 4 nitrogen and oxygen atoms in total. The smallest absolute Gasteiger partial charge is 0.323 e. The van der Waals surface area contributed by atoms with Gasteiger partial charge in [-0.05, 0) is 24.1 Å². The summed E-state index contributed by atoms with van der Waals surface area (Å²) >= 11 is 0. The van der Waals surface area contributed by atoms with E-state index in [1.54, 1.807) is 6.08 Å². The third-order valence-electron chi connectivity index (χ3n) is 4.49. The number of methoxy groups -OCH3 is 1. The third kappa shape index (κ3) is 3.81. The summed E-state index contributed by atoms with van der Waals surface area (Å²) in [6, 6.07) is 7.74. The molecular formula is C22H28N2O2. The van der Waals surface area contributed by atoms with Crippen molar-refractivity contribution in [3.05, 3.63) is 72.0 Å². The van der Waals surface area contributed by atoms with Crippen molar-refractivity contribution >= 4 is 16.9 Å². The summed E-state index contributed by atoms with van der Waals surface area (Å²) in [6.45, 7) is 9.73. The molecule has 2 heterocycles. The number of nitrogens with one attached hydrogen (secondary N) is 2. The van der Waals surface area contributed by atoms with Gasteiger partial charge in [-0.15, -0.1) is 0 Å². The number of para-hydroxylation sites is 1. The molecule has 0 fully saturated rings. The van der Waals surface area contributed by atoms with Gasteiger partial charge < -0.3 is 9.72 Å². The monoisotopic (exact) mass is 352 g/mol. The zero-order chi connectivity index (χ0) is 19.1. The van der Waals surface area contributed by atoms with Crippen molar-refractivity contribution in [2.24, 2.45) is 0 Å². The van der Waals surface area contributed by atoms with E-state index in [-0.39, 0.29) is 18.1 Å². The molecule has 0 radical (unpaired) electrons. The number of hydrogen-bond donors (Lipinski definition) is 2. The normalized spacial score (nSPS) is 19.6. The van der Waals surface area contributed by atoms with Crippen LogP contribution in [0.3, 0.4) is 0 Å². The molecular weight excluding hydrogens is 324 g/mol. The predicted molar refractivity (Wildman–Crippen MR) is 108 cm³/mol. The van der Waals surface area contributed by atoms with Gasteiger partial charge in [0.15, 0.2) is 0 Å². The molecule has 2 N–H and O–H groups in total. The van der Waals surface area contributed by atoms with Crippen LogP contribution in [0.5, 0.6) is 0 Å². The van der Waals surface area contributed by atoms with Crippen LogP contribution >= 0.6 is 0 Å². The molecule has 4 heteroatoms. The molecule has 3 rings (SSSR count). The van der Waals surface area contributed by atoms with Gasteiger partial charge in [0.25, 0.3) is 0 Å². The number of esters is 1. The van der Waals surface area contributed by atoms with E-state index in [4.69, 9.17) is 4.74 Å². The first kappa shape index (κ1) is 19.7. The lowest BCUT2D eigenvalue weighted by Crippen LogP contribution is -2.45. The number of rotatable bonds is 4. The van der Waals surface area contributed by atoms with Crippen molar-refractivity contribution in [3.8, 4) is 0 Å². The Kier molecular flexibility index (Phi) is 6.98. The summed E-state index contributed by atoms with van der Waals surface area (Å²) < 4.78 is 4.97. The van der Waals surface area contributed by atoms with E-state index in [0.29, 0.717) is 6.42 Å². The number of H-pyrrole nitrogens is 1. The molecule has 1 aromatic carbocycles. The molecule has 0 saturated heterocycles. The summed E-state index contributed by atoms with van der Waals surface area (Å²) in [6.07, 6.45) is 8.33. The van der Waals surface area contributed by atoms with Crippen molar-refractivity contribution < 1.29 is 9.53 Å². The van der Waals surface area contributed by atoms with Crippen LogP contribution in [0.2, 0.25) is 0 Å². The van der Waals surface area contributed by atoms with Crippen molar-refractivity contribution in [1.82, 2.24) is 10.3 Å². The first-order valence-electron chi connectivity index (χ1n) is 9.08. The minimum Gasteiger partial charge on any atom is -0.468 e. The second-order valence-electron chi connectivity index (χ2n) is 5.83. The summed E-state index contributed by atoms with van der Waals surface area (Å²) in [7, 11) is 1.43. The molecule has 0 bridgehead atoms. The van der Waals surface area contributed by atoms with Gasteiger partial charge in [0.1, 0.15) is 6.04 Å². The zero-order valence-electron chi connectivity index (χ0n) is 16.0. The van der Waals surface area contributed by atoms with Crippen LogP contribution in [0, 0.1) is 0 Å². The molecule has 26 heavy (non-hydrogen) atoms. The number of allylic oxidation sites excluding steroid dienone is 3. The molecule has 1 unspecified atom stereocenters. The molecule has 1 aliphatic rings. The molecule has 138 valence electrons. The quantitative estimate of drug-likeness (QED) is 0.624. The lowest BCUT2D eigenvalue weighted by Gasteiger charge is -2.30. The zero-order valence-corrected chi connectivity index (χ0v) is 16.0. The van der Waals surface area contributed by atoms with Gasteiger partial charge in [-0.25, -0.2) is 0 Å². The van der Waals surface area contributed by atoms with Crippen molar-refractivity contribution in [1.29, 1.82) is 0 Å². The fourth-order valence-corrected chi connectivity index (χ4v) is 3.33. The van der Waals surface area contributed by atoms with Gasteiger partial charge in [-0.2, -0.15) is 0 Å². The van der Waals surface area contributed by atoms with Crippen LogP contribution < -0.4 is 5.32 Å². The minimum atomic E-state index is -0.362. The first-order valence-corrected chi connectivity index (χ1v) is 9.08. The number of ether oxygens (including phenoxy) is 1. The standard InChI is InChI=1S/C20H22N2O2.C2H6/c1-4-6-9-13(5-2)18-19-15(12-17(22-18)20(23)24-3)14-10-7-8-11-16(14)21-19;1-2/h4-11,17-18,21-22H,1,12H2,2-3H3;1-2H3/b9-6-,13-5+;/t17-,18?;/m0./s1. The topological polar surface area (TPSA) is 54.1 Å². The predicted octanol–water partition coefficient (Wildman–Crippen LogP) is 4.61. The van der Waals surface area contributed by atoms with Gasteiger partial charge in [0.05, 0.1) is 13.2 Å². The Labute approximate surface area is 155 Å². The number of aromatic nitrogens is 1. The van der Waals surface area contributed by atoms with Gasteiger partial charge in [-0.3, -0.25) is 10.1 Å². The van der Waals surface area contributed by atoms with E-state index in [1.807, 2.05) is 51.1 Å². The van der Waals surface area contributed by atoms with E-state index in [9.17, 15) is 4.79 Å². The maximum absolute atomic E-state index is 12.2. The molecule has 1 aliphatic heterocycles. The van der Waals surface area contributed by atoms with E-state index >= 15 is 0 Å². The SMILES string of the molecule is C=C/C=C\C(=C/C)C1N[C@H](C(=O)OC)Cc2c1[nH]c1ccccc21.CC. The Bertz CT molecular complexity index is 830. The summed E-state index contributed by atoms with van der Waals surface area (Å²) in [5.74, 6) is -0.237. The average molecular weight is 352 g/mol. The summed E-state index contributed by atoms with van der Waals surface area (Å²) in [5, 5.41) is 4.58. The summed E-state index contributed by atoms with van der Waals surface area (Å²) in [5.41, 5.74) is 4.45. The maximum atomic E-state index is 12.2. The lowest BCUT2D eigenvalue weighted by molar-refractivity contribution is -0.143. The van der Waals surface area contributed by atoms with Crippen molar-refractivity contribution in [3.63, 3.8) is 0 Å². The van der Waals surface area contributed by atoms with Crippen LogP contribution in [0.15, 0.2) is 60.7 Å². The minimum absolute atomic E-state index is 0.0913. The van der Waals surface area contributed by atoms with Crippen LogP contribution in [0.4, 0.5) is 0 Å². The van der Waals surface area contributed by atoms with Gasteiger partial charge >= 0.3 is 5.97 Å². The Morgan fingerprint density at radius 3 is 2.69 bits per heavy atom. The van der Waals surface area contributed by atoms with Crippen molar-refractivity contribution in [2.75, 3.05) is 7.11 Å². The Morgan fingerprint density at radius 1 is 1.31 bits per heavy atom. The van der Waals surface area contributed by atoms with E-state index in [1.165, 1.54) is 12.7 Å². The molecule has 0 spiro atoms. The highest BCUT2D eigenvalue weighted by atomic mass is 16.5. The fraction of sp³-hybridized carbons (Fsp3) is 0.318. The molecule has 2 aromatic rings. The Balaban J connectivity index is 0.00000117. The molecule has 2 atom stereocenters. The number of carbonyl (C=O) groups excluding carboxylic acids is 1. The number of carbonyl (C=O) groups is 1. The van der Waals surface area contributed by atoms with Gasteiger partial charge in [0, 0.05) is 23.0 Å². The fourth-order valence-electron chi connectivity index (χ4n) is 3.33. The van der Waals surface area contributed by atoms with Crippen LogP contribution in [-0.4, -0.2) is 24.1 Å². The van der Waals surface area contributed by atoms with Gasteiger partial charge in [0.2, 0.25) is 0 Å². The number of aromatic amines is 1. The molecule has 1 aromatic heterocycles. The molecule has 0 amide bonds.